The number of nitrogens with zero attached hydrogens (tertiary/aromatic N) is 1. The lowest BCUT2D eigenvalue weighted by molar-refractivity contribution is 0.604. The predicted molar refractivity (Wildman–Crippen MR) is 85.5 cm³/mol. The Labute approximate surface area is 125 Å². The van der Waals surface area contributed by atoms with E-state index in [1.807, 2.05) is 6.07 Å². The van der Waals surface area contributed by atoms with Crippen LogP contribution in [0, 0.1) is 5.82 Å². The number of rotatable bonds is 8. The first-order valence-corrected chi connectivity index (χ1v) is 7.81. The fourth-order valence-corrected chi connectivity index (χ4v) is 2.62. The van der Waals surface area contributed by atoms with Crippen LogP contribution in [0.1, 0.15) is 51.1 Å². The van der Waals surface area contributed by atoms with Crippen LogP contribution in [0.4, 0.5) is 10.2 Å². The van der Waals surface area contributed by atoms with Crippen LogP contribution >= 0.6 is 0 Å². The smallest absolute Gasteiger partial charge is 0.153 e. The lowest BCUT2D eigenvalue weighted by Gasteiger charge is -2.06. The summed E-state index contributed by atoms with van der Waals surface area (Å²) >= 11 is 0. The Morgan fingerprint density at radius 1 is 1.10 bits per heavy atom. The van der Waals surface area contributed by atoms with E-state index in [1.54, 1.807) is 12.1 Å². The van der Waals surface area contributed by atoms with Gasteiger partial charge in [-0.1, -0.05) is 57.2 Å². The number of hydrogen-bond donors (Lipinski definition) is 2. The lowest BCUT2D eigenvalue weighted by atomic mass is 10.0. The van der Waals surface area contributed by atoms with Gasteiger partial charge in [0.2, 0.25) is 0 Å². The van der Waals surface area contributed by atoms with Gasteiger partial charge in [0.1, 0.15) is 5.82 Å². The molecule has 0 unspecified atom stereocenters. The van der Waals surface area contributed by atoms with Crippen molar-refractivity contribution in [2.75, 3.05) is 5.73 Å². The molecule has 0 radical (unpaired) electrons. The van der Waals surface area contributed by atoms with Crippen molar-refractivity contribution in [3.8, 4) is 11.1 Å². The fraction of sp³-hybridized carbons (Fsp3) is 0.471. The van der Waals surface area contributed by atoms with Gasteiger partial charge in [-0.05, 0) is 18.9 Å². The van der Waals surface area contributed by atoms with Crippen molar-refractivity contribution < 1.29 is 4.39 Å². The Bertz CT molecular complexity index is 563. The molecule has 2 rings (SSSR count). The number of unbranched alkanes of at least 4 members (excludes halogenated alkanes) is 5. The summed E-state index contributed by atoms with van der Waals surface area (Å²) in [5.41, 5.74) is 8.10. The van der Waals surface area contributed by atoms with Crippen molar-refractivity contribution in [3.05, 3.63) is 35.8 Å². The number of aromatic amines is 1. The van der Waals surface area contributed by atoms with E-state index in [0.717, 1.165) is 24.1 Å². The van der Waals surface area contributed by atoms with Gasteiger partial charge in [0.15, 0.2) is 5.82 Å². The molecule has 0 atom stereocenters. The molecule has 114 valence electrons. The number of nitrogens with two attached hydrogens (primary N) is 1. The number of nitrogen functional groups attached to an aromatic ring is 1. The molecule has 4 heteroatoms. The third-order valence-corrected chi connectivity index (χ3v) is 3.79. The summed E-state index contributed by atoms with van der Waals surface area (Å²) in [6.45, 7) is 2.22. The molecular weight excluding hydrogens is 265 g/mol. The van der Waals surface area contributed by atoms with Gasteiger partial charge in [-0.25, -0.2) is 4.39 Å². The third-order valence-electron chi connectivity index (χ3n) is 3.79. The molecule has 0 saturated heterocycles. The summed E-state index contributed by atoms with van der Waals surface area (Å²) in [6, 6.07) is 6.71. The largest absolute Gasteiger partial charge is 0.382 e. The number of nitrogens with one attached hydrogen (secondary N) is 1. The molecule has 0 fully saturated rings. The van der Waals surface area contributed by atoms with E-state index < -0.39 is 0 Å². The topological polar surface area (TPSA) is 54.7 Å². The number of halogens is 1. The van der Waals surface area contributed by atoms with Crippen LogP contribution < -0.4 is 5.73 Å². The number of anilines is 1. The molecule has 0 aliphatic heterocycles. The maximum atomic E-state index is 13.9. The van der Waals surface area contributed by atoms with Crippen LogP contribution in [-0.4, -0.2) is 10.2 Å². The number of benzene rings is 1. The first-order valence-electron chi connectivity index (χ1n) is 7.81. The minimum absolute atomic E-state index is 0.255. The highest BCUT2D eigenvalue weighted by molar-refractivity contribution is 5.76. The summed E-state index contributed by atoms with van der Waals surface area (Å²) in [5.74, 6) is 0.121. The first kappa shape index (κ1) is 15.5. The van der Waals surface area contributed by atoms with Gasteiger partial charge in [-0.15, -0.1) is 0 Å². The molecule has 0 amide bonds. The number of hydrogen-bond acceptors (Lipinski definition) is 2. The van der Waals surface area contributed by atoms with Gasteiger partial charge in [0.05, 0.1) is 0 Å². The average molecular weight is 289 g/mol. The zero-order valence-corrected chi connectivity index (χ0v) is 12.7. The fourth-order valence-electron chi connectivity index (χ4n) is 2.62. The van der Waals surface area contributed by atoms with E-state index in [9.17, 15) is 4.39 Å². The zero-order chi connectivity index (χ0) is 15.1. The normalized spacial score (nSPS) is 11.0. The molecule has 21 heavy (non-hydrogen) atoms. The number of H-pyrrole nitrogens is 1. The Morgan fingerprint density at radius 3 is 2.57 bits per heavy atom. The van der Waals surface area contributed by atoms with Gasteiger partial charge in [-0.2, -0.15) is 5.10 Å². The summed E-state index contributed by atoms with van der Waals surface area (Å²) < 4.78 is 13.9. The molecular formula is C17H24FN3. The highest BCUT2D eigenvalue weighted by atomic mass is 19.1. The summed E-state index contributed by atoms with van der Waals surface area (Å²) in [6.07, 6.45) is 8.24. The molecule has 0 spiro atoms. The Morgan fingerprint density at radius 2 is 1.81 bits per heavy atom. The lowest BCUT2D eigenvalue weighted by Crippen LogP contribution is -1.94. The maximum absolute atomic E-state index is 13.9. The molecule has 0 bridgehead atoms. The van der Waals surface area contributed by atoms with E-state index >= 15 is 0 Å². The predicted octanol–water partition coefficient (Wildman–Crippen LogP) is 4.70. The molecule has 2 aromatic rings. The van der Waals surface area contributed by atoms with Crippen molar-refractivity contribution >= 4 is 5.82 Å². The quantitative estimate of drug-likeness (QED) is 0.692. The van der Waals surface area contributed by atoms with Crippen molar-refractivity contribution in [1.82, 2.24) is 10.2 Å². The molecule has 1 aromatic carbocycles. The van der Waals surface area contributed by atoms with Gasteiger partial charge in [-0.3, -0.25) is 5.10 Å². The summed E-state index contributed by atoms with van der Waals surface area (Å²) in [5, 5.41) is 7.01. The van der Waals surface area contributed by atoms with E-state index in [1.165, 1.54) is 38.2 Å². The minimum Gasteiger partial charge on any atom is -0.382 e. The maximum Gasteiger partial charge on any atom is 0.153 e. The number of aromatic nitrogens is 2. The minimum atomic E-state index is -0.255. The molecule has 3 nitrogen and oxygen atoms in total. The van der Waals surface area contributed by atoms with Crippen LogP contribution in [0.3, 0.4) is 0 Å². The Kier molecular flexibility index (Phi) is 5.78. The second-order valence-corrected chi connectivity index (χ2v) is 5.46. The van der Waals surface area contributed by atoms with Crippen LogP contribution in [0.5, 0.6) is 0 Å². The SMILES string of the molecule is CCCCCCCCc1[nH]nc(N)c1-c1ccccc1F. The monoisotopic (exact) mass is 289 g/mol. The van der Waals surface area contributed by atoms with Gasteiger partial charge >= 0.3 is 0 Å². The van der Waals surface area contributed by atoms with Crippen LogP contribution in [0.2, 0.25) is 0 Å². The van der Waals surface area contributed by atoms with Crippen LogP contribution in [0.25, 0.3) is 11.1 Å². The number of aryl methyl sites for hydroxylation is 1. The van der Waals surface area contributed by atoms with Crippen molar-refractivity contribution in [1.29, 1.82) is 0 Å². The van der Waals surface area contributed by atoms with E-state index in [0.29, 0.717) is 11.4 Å². The van der Waals surface area contributed by atoms with Gasteiger partial charge < -0.3 is 5.73 Å². The first-order chi connectivity index (χ1) is 10.2. The highest BCUT2D eigenvalue weighted by Gasteiger charge is 2.15. The summed E-state index contributed by atoms with van der Waals surface area (Å²) in [4.78, 5) is 0. The van der Waals surface area contributed by atoms with Gasteiger partial charge in [0, 0.05) is 16.8 Å². The van der Waals surface area contributed by atoms with E-state index in [4.69, 9.17) is 5.73 Å². The van der Waals surface area contributed by atoms with E-state index in [2.05, 4.69) is 17.1 Å². The van der Waals surface area contributed by atoms with Crippen LogP contribution in [-0.2, 0) is 6.42 Å². The van der Waals surface area contributed by atoms with Gasteiger partial charge in [0.25, 0.3) is 0 Å². The average Bonchev–Trinajstić information content (AvgIpc) is 2.84. The van der Waals surface area contributed by atoms with Crippen molar-refractivity contribution in [2.24, 2.45) is 0 Å². The standard InChI is InChI=1S/C17H24FN3/c1-2-3-4-5-6-7-12-15-16(17(19)21-20-15)13-10-8-9-11-14(13)18/h8-11H,2-7,12H2,1H3,(H3,19,20,21). The van der Waals surface area contributed by atoms with Crippen molar-refractivity contribution in [2.45, 2.75) is 51.9 Å². The second kappa shape index (κ2) is 7.81. The summed E-state index contributed by atoms with van der Waals surface area (Å²) in [7, 11) is 0. The van der Waals surface area contributed by atoms with Crippen LogP contribution in [0.15, 0.2) is 24.3 Å². The molecule has 3 N–H and O–H groups in total. The van der Waals surface area contributed by atoms with Crippen molar-refractivity contribution in [3.63, 3.8) is 0 Å². The zero-order valence-electron chi connectivity index (χ0n) is 12.7. The third kappa shape index (κ3) is 4.06. The second-order valence-electron chi connectivity index (χ2n) is 5.46. The Hall–Kier alpha value is -1.84. The Balaban J connectivity index is 2.00. The molecule has 0 saturated carbocycles. The molecule has 0 aliphatic rings. The molecule has 1 heterocycles. The molecule has 1 aromatic heterocycles. The van der Waals surface area contributed by atoms with E-state index in [-0.39, 0.29) is 5.82 Å². The molecule has 0 aliphatic carbocycles. The highest BCUT2D eigenvalue weighted by Crippen LogP contribution is 2.30.